The van der Waals surface area contributed by atoms with Crippen LogP contribution < -0.4 is 5.11 Å². The Morgan fingerprint density at radius 3 is 1.27 bits per heavy atom. The number of halogens is 1. The van der Waals surface area contributed by atoms with Crippen LogP contribution >= 0.6 is 0 Å². The fourth-order valence-corrected chi connectivity index (χ4v) is 13.0. The molecule has 4 aromatic carbocycles. The molecule has 44 heavy (non-hydrogen) atoms. The number of aryl methyl sites for hydroxylation is 6. The third-order valence-electron chi connectivity index (χ3n) is 9.47. The molecule has 0 heterocycles. The van der Waals surface area contributed by atoms with Gasteiger partial charge in [-0.05, 0) is 17.7 Å². The standard InChI is InChI=1S/C10H11FO2.3C10H13.Sn/c1-10(2,9(12)13)7-3-5-8(11)6-4-7;3*1-4-10-7-5-6-8(2)9(10)3;/h3-6H,1-2H3,(H,12,13);3*5-7H,1,4H2,2-3H3;/q;;;;+1/p-1. The number of hydrogen-bond donors (Lipinski definition) is 0. The van der Waals surface area contributed by atoms with Gasteiger partial charge in [-0.1, -0.05) is 26.0 Å². The molecule has 232 valence electrons. The van der Waals surface area contributed by atoms with Crippen LogP contribution in [0.3, 0.4) is 0 Å². The van der Waals surface area contributed by atoms with Crippen molar-refractivity contribution in [3.8, 4) is 0 Å². The number of benzene rings is 4. The van der Waals surface area contributed by atoms with Gasteiger partial charge < -0.3 is 9.90 Å². The Hall–Kier alpha value is -2.92. The van der Waals surface area contributed by atoms with E-state index in [2.05, 4.69) is 96.1 Å². The van der Waals surface area contributed by atoms with Gasteiger partial charge in [0, 0.05) is 5.41 Å². The van der Waals surface area contributed by atoms with Crippen LogP contribution in [0.2, 0.25) is 13.3 Å². The van der Waals surface area contributed by atoms with Crippen LogP contribution in [0.4, 0.5) is 4.39 Å². The summed E-state index contributed by atoms with van der Waals surface area (Å²) in [6, 6.07) is 25.9. The van der Waals surface area contributed by atoms with Crippen LogP contribution in [-0.2, 0) is 29.5 Å². The summed E-state index contributed by atoms with van der Waals surface area (Å²) >= 11 is -1.52. The monoisotopic (exact) mass is 700 g/mol. The second-order valence-corrected chi connectivity index (χ2v) is 21.3. The third kappa shape index (κ3) is 9.79. The van der Waals surface area contributed by atoms with Gasteiger partial charge in [-0.25, -0.2) is 4.39 Å². The number of carboxylic acids is 1. The predicted octanol–water partition coefficient (Wildman–Crippen LogP) is 8.91. The molecule has 0 spiro atoms. The molecule has 0 aliphatic rings. The van der Waals surface area contributed by atoms with Gasteiger partial charge in [-0.2, -0.15) is 0 Å². The van der Waals surface area contributed by atoms with E-state index in [1.807, 2.05) is 0 Å². The molecule has 0 saturated carbocycles. The number of hydrogen-bond acceptors (Lipinski definition) is 2. The van der Waals surface area contributed by atoms with Gasteiger partial charge in [0.15, 0.2) is 0 Å². The molecule has 0 unspecified atom stereocenters. The van der Waals surface area contributed by atoms with Crippen LogP contribution in [0.15, 0.2) is 78.9 Å². The summed E-state index contributed by atoms with van der Waals surface area (Å²) in [6.07, 6.45) is 3.84. The maximum atomic E-state index is 12.5. The Kier molecular flexibility index (Phi) is 13.3. The van der Waals surface area contributed by atoms with Gasteiger partial charge in [-0.15, -0.1) is 0 Å². The molecule has 0 aliphatic carbocycles. The average molecular weight is 700 g/mol. The van der Waals surface area contributed by atoms with E-state index in [-0.39, 0.29) is 5.82 Å². The van der Waals surface area contributed by atoms with E-state index in [4.69, 9.17) is 0 Å². The Balaban J connectivity index is 0.000000340. The van der Waals surface area contributed by atoms with Crippen LogP contribution in [-0.4, -0.2) is 25.7 Å². The molecule has 0 bridgehead atoms. The van der Waals surface area contributed by atoms with Crippen molar-refractivity contribution in [2.24, 2.45) is 0 Å². The molecule has 4 heteroatoms. The zero-order chi connectivity index (χ0) is 32.4. The van der Waals surface area contributed by atoms with Crippen LogP contribution in [0.25, 0.3) is 0 Å². The molecule has 4 aromatic rings. The molecule has 0 saturated heterocycles. The van der Waals surface area contributed by atoms with Crippen molar-refractivity contribution < 1.29 is 14.3 Å². The van der Waals surface area contributed by atoms with Gasteiger partial charge in [0.1, 0.15) is 5.82 Å². The summed E-state index contributed by atoms with van der Waals surface area (Å²) in [5, 5.41) is 10.7. The van der Waals surface area contributed by atoms with Crippen LogP contribution in [0.5, 0.6) is 0 Å². The summed E-state index contributed by atoms with van der Waals surface area (Å²) < 4.78 is 16.9. The molecular weight excluding hydrogens is 650 g/mol. The van der Waals surface area contributed by atoms with Crippen molar-refractivity contribution in [2.75, 3.05) is 0 Å². The molecule has 0 N–H and O–H groups in total. The molecule has 2 nitrogen and oxygen atoms in total. The summed E-state index contributed by atoms with van der Waals surface area (Å²) in [4.78, 5) is 10.7. The van der Waals surface area contributed by atoms with Crippen molar-refractivity contribution in [3.05, 3.63) is 140 Å². The summed E-state index contributed by atoms with van der Waals surface area (Å²) in [5.74, 6) is -1.54. The second-order valence-electron chi connectivity index (χ2n) is 12.7. The van der Waals surface area contributed by atoms with Gasteiger partial charge in [-0.3, -0.25) is 0 Å². The van der Waals surface area contributed by atoms with E-state index in [0.29, 0.717) is 5.56 Å². The van der Waals surface area contributed by atoms with Crippen molar-refractivity contribution in [3.63, 3.8) is 0 Å². The molecule has 0 aliphatic heterocycles. The summed E-state index contributed by atoms with van der Waals surface area (Å²) in [6.45, 7) is 16.7. The van der Waals surface area contributed by atoms with Crippen molar-refractivity contribution >= 4 is 25.7 Å². The van der Waals surface area contributed by atoms with Crippen LogP contribution in [0.1, 0.15) is 69.5 Å². The van der Waals surface area contributed by atoms with Crippen molar-refractivity contribution in [1.82, 2.24) is 0 Å². The average Bonchev–Trinajstić information content (AvgIpc) is 2.99. The third-order valence-corrected chi connectivity index (χ3v) is 17.7. The minimum atomic E-state index is -1.52. The first-order valence-electron chi connectivity index (χ1n) is 15.8. The molecule has 0 atom stereocenters. The Bertz CT molecular complexity index is 1410. The minimum absolute atomic E-state index is 0.377. The number of carboxylic acid groups (broad SMARTS) is 1. The zero-order valence-corrected chi connectivity index (χ0v) is 30.8. The van der Waals surface area contributed by atoms with E-state index in [1.54, 1.807) is 16.7 Å². The second kappa shape index (κ2) is 16.4. The van der Waals surface area contributed by atoms with E-state index in [9.17, 15) is 14.3 Å². The van der Waals surface area contributed by atoms with E-state index in [1.165, 1.54) is 104 Å². The fourth-order valence-electron chi connectivity index (χ4n) is 5.54. The van der Waals surface area contributed by atoms with Crippen LogP contribution in [0, 0.1) is 47.4 Å². The van der Waals surface area contributed by atoms with E-state index < -0.39 is 31.1 Å². The predicted molar refractivity (Wildman–Crippen MR) is 183 cm³/mol. The maximum absolute atomic E-state index is 12.5. The Labute approximate surface area is 272 Å². The molecule has 0 aromatic heterocycles. The fraction of sp³-hybridized carbons (Fsp3) is 0.375. The first-order valence-corrected chi connectivity index (χ1v) is 21.8. The Morgan fingerprint density at radius 1 is 0.614 bits per heavy atom. The van der Waals surface area contributed by atoms with Crippen molar-refractivity contribution in [2.45, 2.75) is 93.4 Å². The number of aliphatic carboxylic acids is 1. The van der Waals surface area contributed by atoms with Gasteiger partial charge in [0.25, 0.3) is 0 Å². The molecule has 0 amide bonds. The quantitative estimate of drug-likeness (QED) is 0.147. The topological polar surface area (TPSA) is 40.1 Å². The number of carbonyl (C=O) groups excluding carboxylic acids is 1. The van der Waals surface area contributed by atoms with Gasteiger partial charge in [0.05, 0.1) is 5.97 Å². The zero-order valence-electron chi connectivity index (χ0n) is 27.9. The number of carbonyl (C=O) groups is 1. The molecular formula is C40H49FO2Sn. The number of rotatable bonds is 11. The van der Waals surface area contributed by atoms with Gasteiger partial charge in [0.2, 0.25) is 0 Å². The molecule has 0 radical (unpaired) electrons. The Morgan fingerprint density at radius 2 is 0.955 bits per heavy atom. The summed E-state index contributed by atoms with van der Waals surface area (Å²) in [7, 11) is 0. The van der Waals surface area contributed by atoms with E-state index >= 15 is 0 Å². The first kappa shape index (κ1) is 35.6. The first-order chi connectivity index (χ1) is 20.8. The molecule has 4 rings (SSSR count). The molecule has 0 fully saturated rings. The summed E-state index contributed by atoms with van der Waals surface area (Å²) in [5.41, 5.74) is 13.0. The van der Waals surface area contributed by atoms with E-state index in [0.717, 1.165) is 0 Å². The van der Waals surface area contributed by atoms with Gasteiger partial charge >= 0.3 is 199 Å². The van der Waals surface area contributed by atoms with Crippen molar-refractivity contribution in [1.29, 1.82) is 0 Å². The normalized spacial score (nSPS) is 11.1. The SMILES string of the molecule is CC(C)(C(=O)[O-])c1ccc(F)cc1.Cc1cccc(C[CH2][Sn+]([CH2]Cc2cccc(C)c2C)[CH2]Cc2cccc(C)c2C)c1C.